The highest BCUT2D eigenvalue weighted by Gasteiger charge is 2.48. The number of nitrogens with zero attached hydrogens (tertiary/aromatic N) is 2. The fraction of sp³-hybridized carbons (Fsp3) is 0.286. The Labute approximate surface area is 177 Å². The summed E-state index contributed by atoms with van der Waals surface area (Å²) in [5, 5.41) is 6.57. The number of rotatable bonds is 6. The lowest BCUT2D eigenvalue weighted by Crippen LogP contribution is -2.37. The van der Waals surface area contributed by atoms with Crippen molar-refractivity contribution >= 4 is 57.1 Å². The third kappa shape index (κ3) is 3.54. The van der Waals surface area contributed by atoms with Crippen LogP contribution in [0.25, 0.3) is 10.9 Å². The molecule has 0 bridgehead atoms. The van der Waals surface area contributed by atoms with Gasteiger partial charge in [-0.1, -0.05) is 12.1 Å². The fourth-order valence-electron chi connectivity index (χ4n) is 3.79. The molecule has 5 rings (SSSR count). The van der Waals surface area contributed by atoms with Crippen molar-refractivity contribution in [1.82, 2.24) is 14.8 Å². The van der Waals surface area contributed by atoms with Gasteiger partial charge in [0, 0.05) is 28.3 Å². The maximum Gasteiger partial charge on any atom is 0.252 e. The summed E-state index contributed by atoms with van der Waals surface area (Å²) in [6.07, 6.45) is 3.90. The van der Waals surface area contributed by atoms with Crippen LogP contribution in [-0.2, 0) is 16.1 Å². The molecule has 1 aromatic carbocycles. The molecule has 6 nitrogen and oxygen atoms in total. The smallest absolute Gasteiger partial charge is 0.252 e. The van der Waals surface area contributed by atoms with Crippen LogP contribution in [0.4, 0.5) is 5.69 Å². The van der Waals surface area contributed by atoms with Gasteiger partial charge in [0.1, 0.15) is 6.04 Å². The number of hydrogen-bond acceptors (Lipinski definition) is 4. The number of nitrogens with one attached hydrogen (secondary N) is 2. The van der Waals surface area contributed by atoms with Crippen molar-refractivity contribution in [2.75, 3.05) is 5.32 Å². The third-order valence-corrected chi connectivity index (χ3v) is 6.68. The molecule has 1 unspecified atom stereocenters. The number of amides is 2. The summed E-state index contributed by atoms with van der Waals surface area (Å²) >= 11 is 7.26. The molecule has 2 amide bonds. The summed E-state index contributed by atoms with van der Waals surface area (Å²) in [4.78, 5) is 33.8. The van der Waals surface area contributed by atoms with Crippen LogP contribution in [0.3, 0.4) is 0 Å². The lowest BCUT2D eigenvalue weighted by Gasteiger charge is -2.23. The maximum atomic E-state index is 13.1. The zero-order valence-corrected chi connectivity index (χ0v) is 17.3. The second-order valence-electron chi connectivity index (χ2n) is 7.48. The molecule has 2 N–H and O–H groups in total. The summed E-state index contributed by atoms with van der Waals surface area (Å²) in [6.45, 7) is 0.553. The summed E-state index contributed by atoms with van der Waals surface area (Å²) in [7, 11) is 0. The van der Waals surface area contributed by atoms with E-state index in [2.05, 4.69) is 10.3 Å². The predicted octanol–water partition coefficient (Wildman–Crippen LogP) is 3.72. The van der Waals surface area contributed by atoms with Crippen LogP contribution in [0.5, 0.6) is 0 Å². The zero-order valence-electron chi connectivity index (χ0n) is 15.6. The van der Waals surface area contributed by atoms with Crippen molar-refractivity contribution < 1.29 is 9.59 Å². The van der Waals surface area contributed by atoms with Crippen molar-refractivity contribution in [3.05, 3.63) is 52.9 Å². The first-order chi connectivity index (χ1) is 14.1. The maximum absolute atomic E-state index is 13.1. The van der Waals surface area contributed by atoms with Crippen molar-refractivity contribution in [1.29, 1.82) is 0 Å². The minimum absolute atomic E-state index is 0.0518. The SMILES string of the molecule is O=C(CC1C(=O)N(C2CC2)C(=S)N1Cc1cccs1)Nc1ccc2cc[nH]c2c1. The molecule has 2 fully saturated rings. The number of H-pyrrole nitrogens is 1. The molecule has 148 valence electrons. The van der Waals surface area contributed by atoms with E-state index >= 15 is 0 Å². The standard InChI is InChI=1S/C21H20N4O2S2/c26-19(23-14-4-3-13-7-8-22-17(13)10-14)11-18-20(27)25(15-5-6-15)21(28)24(18)12-16-2-1-9-29-16/h1-4,7-10,15,18,22H,5-6,11-12H2,(H,23,26). The highest BCUT2D eigenvalue weighted by atomic mass is 32.1. The first-order valence-corrected chi connectivity index (χ1v) is 10.9. The van der Waals surface area contributed by atoms with E-state index in [1.807, 2.05) is 52.9 Å². The first kappa shape index (κ1) is 18.3. The molecular formula is C21H20N4O2S2. The molecule has 29 heavy (non-hydrogen) atoms. The second-order valence-corrected chi connectivity index (χ2v) is 8.87. The van der Waals surface area contributed by atoms with E-state index < -0.39 is 6.04 Å². The van der Waals surface area contributed by atoms with Gasteiger partial charge in [-0.3, -0.25) is 14.5 Å². The molecule has 1 saturated heterocycles. The topological polar surface area (TPSA) is 68.4 Å². The van der Waals surface area contributed by atoms with Crippen LogP contribution in [0.1, 0.15) is 24.1 Å². The van der Waals surface area contributed by atoms with Gasteiger partial charge in [-0.15, -0.1) is 11.3 Å². The van der Waals surface area contributed by atoms with E-state index in [1.54, 1.807) is 16.2 Å². The Kier molecular flexibility index (Phi) is 4.60. The van der Waals surface area contributed by atoms with Gasteiger partial charge < -0.3 is 15.2 Å². The van der Waals surface area contributed by atoms with Gasteiger partial charge in [-0.05, 0) is 60.1 Å². The second kappa shape index (κ2) is 7.27. The number of aromatic nitrogens is 1. The minimum Gasteiger partial charge on any atom is -0.361 e. The van der Waals surface area contributed by atoms with Crippen LogP contribution >= 0.6 is 23.6 Å². The average molecular weight is 425 g/mol. The van der Waals surface area contributed by atoms with Crippen molar-refractivity contribution in [3.8, 4) is 0 Å². The third-order valence-electron chi connectivity index (χ3n) is 5.39. The van der Waals surface area contributed by atoms with Crippen LogP contribution in [0.2, 0.25) is 0 Å². The summed E-state index contributed by atoms with van der Waals surface area (Å²) in [6, 6.07) is 11.4. The number of carbonyl (C=O) groups is 2. The molecule has 0 spiro atoms. The average Bonchev–Trinajstić information content (AvgIpc) is 3.12. The number of benzene rings is 1. The molecule has 3 aromatic rings. The Bertz CT molecular complexity index is 1090. The van der Waals surface area contributed by atoms with Crippen molar-refractivity contribution in [2.24, 2.45) is 0 Å². The quantitative estimate of drug-likeness (QED) is 0.592. The van der Waals surface area contributed by atoms with E-state index in [9.17, 15) is 9.59 Å². The van der Waals surface area contributed by atoms with E-state index in [0.29, 0.717) is 17.3 Å². The van der Waals surface area contributed by atoms with Gasteiger partial charge in [0.2, 0.25) is 5.91 Å². The Morgan fingerprint density at radius 3 is 2.90 bits per heavy atom. The molecule has 8 heteroatoms. The number of thiophene rings is 1. The summed E-state index contributed by atoms with van der Waals surface area (Å²) < 4.78 is 0. The molecule has 1 atom stereocenters. The van der Waals surface area contributed by atoms with Crippen LogP contribution in [0, 0.1) is 0 Å². The number of aromatic amines is 1. The van der Waals surface area contributed by atoms with Gasteiger partial charge in [0.25, 0.3) is 5.91 Å². The van der Waals surface area contributed by atoms with E-state index in [4.69, 9.17) is 12.2 Å². The van der Waals surface area contributed by atoms with Crippen LogP contribution < -0.4 is 5.32 Å². The first-order valence-electron chi connectivity index (χ1n) is 9.63. The van der Waals surface area contributed by atoms with Crippen LogP contribution in [-0.4, -0.2) is 43.8 Å². The molecule has 1 saturated carbocycles. The van der Waals surface area contributed by atoms with E-state index in [-0.39, 0.29) is 24.3 Å². The minimum atomic E-state index is -0.556. The Hall–Kier alpha value is -2.71. The molecule has 2 aliphatic rings. The Morgan fingerprint density at radius 2 is 2.14 bits per heavy atom. The Morgan fingerprint density at radius 1 is 1.28 bits per heavy atom. The summed E-state index contributed by atoms with van der Waals surface area (Å²) in [5.41, 5.74) is 1.67. The lowest BCUT2D eigenvalue weighted by molar-refractivity contribution is -0.131. The molecule has 2 aromatic heterocycles. The van der Waals surface area contributed by atoms with Gasteiger partial charge in [0.05, 0.1) is 13.0 Å². The normalized spacial score (nSPS) is 19.4. The summed E-state index contributed by atoms with van der Waals surface area (Å²) in [5.74, 6) is -0.241. The van der Waals surface area contributed by atoms with E-state index in [1.165, 1.54) is 0 Å². The number of thiocarbonyl (C=S) groups is 1. The van der Waals surface area contributed by atoms with Gasteiger partial charge in [-0.2, -0.15) is 0 Å². The molecule has 3 heterocycles. The molecule has 1 aliphatic heterocycles. The largest absolute Gasteiger partial charge is 0.361 e. The number of fused-ring (bicyclic) bond motifs is 1. The molecule has 1 aliphatic carbocycles. The van der Waals surface area contributed by atoms with Gasteiger partial charge >= 0.3 is 0 Å². The fourth-order valence-corrected chi connectivity index (χ4v) is 4.92. The van der Waals surface area contributed by atoms with Gasteiger partial charge in [0.15, 0.2) is 5.11 Å². The number of carbonyl (C=O) groups excluding carboxylic acids is 2. The zero-order chi connectivity index (χ0) is 20.0. The highest BCUT2D eigenvalue weighted by molar-refractivity contribution is 7.80. The van der Waals surface area contributed by atoms with Crippen LogP contribution in [0.15, 0.2) is 48.0 Å². The molecule has 0 radical (unpaired) electrons. The molecular weight excluding hydrogens is 404 g/mol. The van der Waals surface area contributed by atoms with E-state index in [0.717, 1.165) is 28.6 Å². The predicted molar refractivity (Wildman–Crippen MR) is 118 cm³/mol. The van der Waals surface area contributed by atoms with Gasteiger partial charge in [-0.25, -0.2) is 0 Å². The lowest BCUT2D eigenvalue weighted by atomic mass is 10.1. The highest BCUT2D eigenvalue weighted by Crippen LogP contribution is 2.35. The Balaban J connectivity index is 1.34. The monoisotopic (exact) mass is 424 g/mol. The van der Waals surface area contributed by atoms with Crippen molar-refractivity contribution in [2.45, 2.75) is 37.9 Å². The number of hydrogen-bond donors (Lipinski definition) is 2. The number of anilines is 1. The van der Waals surface area contributed by atoms with Crippen molar-refractivity contribution in [3.63, 3.8) is 0 Å².